The van der Waals surface area contributed by atoms with E-state index in [0.29, 0.717) is 46.6 Å². The van der Waals surface area contributed by atoms with Gasteiger partial charge in [0.15, 0.2) is 4.90 Å². The van der Waals surface area contributed by atoms with Crippen molar-refractivity contribution in [3.05, 3.63) is 135 Å². The summed E-state index contributed by atoms with van der Waals surface area (Å²) >= 11 is 1.58. The second-order valence-corrected chi connectivity index (χ2v) is 24.8. The van der Waals surface area contributed by atoms with Crippen molar-refractivity contribution in [1.29, 1.82) is 0 Å². The number of aromatic nitrogens is 4. The lowest BCUT2D eigenvalue weighted by atomic mass is 9.58. The van der Waals surface area contributed by atoms with Crippen molar-refractivity contribution in [2.75, 3.05) is 53.5 Å². The number of ether oxygens (including phenoxy) is 1. The first-order valence-corrected chi connectivity index (χ1v) is 29.1. The molecule has 2 atom stereocenters. The number of amides is 5. The summed E-state index contributed by atoms with van der Waals surface area (Å²) < 4.78 is 38.4. The second kappa shape index (κ2) is 22.0. The molecule has 9 rings (SSSR count). The number of nitro groups is 1. The monoisotopic (exact) mass is 1120 g/mol. The van der Waals surface area contributed by atoms with Crippen molar-refractivity contribution >= 4 is 74.5 Å². The summed E-state index contributed by atoms with van der Waals surface area (Å²) in [5.41, 5.74) is 2.22. The standard InChI is InChI=1S/C56H65N11O10S2/c1-9-63(54(72)77-55(4,5)6)47-26-40(56(28-36(3)29-56)53-60-58-34-62(53)7)27-48(59-47)65-30-43-42(52(65)71)23-38(24-45(43)78-8)33-67(22-10-11-35(2)31-67)32-37-12-15-41(16-13-37)61-79(75,76)46-17-14-39(25-44(46)66(73)74)51(70)57-20-21-64-49(68)18-19-50(64)69/h12-19,23-27,34-36,61H,9-11,20-22,28-33H2,1-8H3/p+1/t35-,36?,56?,67?/m0/s1. The van der Waals surface area contributed by atoms with Gasteiger partial charge in [0.2, 0.25) is 0 Å². The number of hydrogen-bond acceptors (Lipinski definition) is 14. The zero-order valence-electron chi connectivity index (χ0n) is 45.6. The largest absolute Gasteiger partial charge is 0.443 e. The molecule has 5 aromatic rings. The number of pyridine rings is 1. The van der Waals surface area contributed by atoms with Crippen LogP contribution >= 0.6 is 11.8 Å². The molecular weight excluding hydrogens is 1050 g/mol. The van der Waals surface area contributed by atoms with Crippen LogP contribution in [0.4, 0.5) is 27.8 Å². The Morgan fingerprint density at radius 1 is 0.975 bits per heavy atom. The summed E-state index contributed by atoms with van der Waals surface area (Å²) in [6.07, 6.45) is 9.02. The fourth-order valence-electron chi connectivity index (χ4n) is 11.7. The lowest BCUT2D eigenvalue weighted by molar-refractivity contribution is -0.960. The van der Waals surface area contributed by atoms with Gasteiger partial charge in [0.05, 0.1) is 30.0 Å². The number of sulfonamides is 1. The third kappa shape index (κ3) is 11.7. The fourth-order valence-corrected chi connectivity index (χ4v) is 13.6. The molecule has 21 nitrogen and oxygen atoms in total. The van der Waals surface area contributed by atoms with Crippen molar-refractivity contribution in [3.63, 3.8) is 0 Å². The zero-order chi connectivity index (χ0) is 56.8. The summed E-state index contributed by atoms with van der Waals surface area (Å²) in [6.45, 7) is 15.0. The highest BCUT2D eigenvalue weighted by Gasteiger charge is 2.49. The number of thioether (sulfide) groups is 1. The summed E-state index contributed by atoms with van der Waals surface area (Å²) in [7, 11) is -2.60. The zero-order valence-corrected chi connectivity index (χ0v) is 47.3. The van der Waals surface area contributed by atoms with E-state index < -0.39 is 60.4 Å². The molecule has 5 amide bonds. The molecule has 0 bridgehead atoms. The topological polar surface area (TPSA) is 249 Å². The van der Waals surface area contributed by atoms with E-state index in [4.69, 9.17) is 9.72 Å². The fraction of sp³-hybridized carbons (Fsp3) is 0.429. The highest BCUT2D eigenvalue weighted by molar-refractivity contribution is 7.98. The molecule has 1 unspecified atom stereocenters. The van der Waals surface area contributed by atoms with Crippen molar-refractivity contribution in [1.82, 2.24) is 30.0 Å². The van der Waals surface area contributed by atoms with Crippen LogP contribution in [0.15, 0.2) is 95.0 Å². The molecule has 2 aromatic heterocycles. The Bertz CT molecular complexity index is 3390. The van der Waals surface area contributed by atoms with E-state index in [9.17, 15) is 37.7 Å². The number of hydrogen-bond donors (Lipinski definition) is 2. The predicted octanol–water partition coefficient (Wildman–Crippen LogP) is 7.88. The minimum atomic E-state index is -4.53. The Morgan fingerprint density at radius 2 is 1.68 bits per heavy atom. The van der Waals surface area contributed by atoms with E-state index in [0.717, 1.165) is 107 Å². The van der Waals surface area contributed by atoms with E-state index in [2.05, 4.69) is 40.2 Å². The average molecular weight is 1120 g/mol. The van der Waals surface area contributed by atoms with Gasteiger partial charge in [0.1, 0.15) is 42.5 Å². The molecule has 0 spiro atoms. The number of carbonyl (C=O) groups excluding carboxylic acids is 5. The number of aryl methyl sites for hydroxylation is 1. The van der Waals surface area contributed by atoms with Gasteiger partial charge >= 0.3 is 6.09 Å². The first-order chi connectivity index (χ1) is 37.4. The molecule has 3 aliphatic heterocycles. The molecule has 23 heteroatoms. The maximum absolute atomic E-state index is 15.0. The summed E-state index contributed by atoms with van der Waals surface area (Å²) in [4.78, 5) is 86.3. The molecule has 2 fully saturated rings. The van der Waals surface area contributed by atoms with E-state index in [1.165, 1.54) is 4.90 Å². The van der Waals surface area contributed by atoms with Gasteiger partial charge in [-0.15, -0.1) is 22.0 Å². The van der Waals surface area contributed by atoms with Gasteiger partial charge < -0.3 is 19.1 Å². The third-order valence-corrected chi connectivity index (χ3v) is 17.4. The molecule has 4 aliphatic rings. The third-order valence-electron chi connectivity index (χ3n) is 15.1. The Morgan fingerprint density at radius 3 is 2.30 bits per heavy atom. The van der Waals surface area contributed by atoms with Gasteiger partial charge in [-0.3, -0.25) is 48.7 Å². The number of rotatable bonds is 18. The van der Waals surface area contributed by atoms with Gasteiger partial charge in [-0.25, -0.2) is 18.2 Å². The van der Waals surface area contributed by atoms with Crippen LogP contribution in [0.1, 0.15) is 116 Å². The molecule has 1 aliphatic carbocycles. The number of nitro benzene ring substituents is 1. The van der Waals surface area contributed by atoms with Crippen molar-refractivity contribution in [3.8, 4) is 0 Å². The quantitative estimate of drug-likeness (QED) is 0.0279. The molecule has 3 aromatic carbocycles. The number of nitrogens with one attached hydrogen (secondary N) is 2. The van der Waals surface area contributed by atoms with Gasteiger partial charge in [0, 0.05) is 83.7 Å². The lowest BCUT2D eigenvalue weighted by Crippen LogP contribution is -2.52. The number of quaternary nitrogens is 1. The highest BCUT2D eigenvalue weighted by Crippen LogP contribution is 2.53. The number of likely N-dealkylation sites (tertiary alicyclic amines) is 1. The number of benzene rings is 3. The number of nitrogens with zero attached hydrogens (tertiary/aromatic N) is 9. The summed E-state index contributed by atoms with van der Waals surface area (Å²) in [5, 5.41) is 23.5. The normalized spacial score (nSPS) is 21.0. The molecule has 1 saturated heterocycles. The molecular formula is C56H66N11O10S2+. The van der Waals surface area contributed by atoms with Crippen LogP contribution in [0.25, 0.3) is 0 Å². The number of piperidine rings is 1. The minimum absolute atomic E-state index is 0.119. The minimum Gasteiger partial charge on any atom is -0.443 e. The number of fused-ring (bicyclic) bond motifs is 1. The summed E-state index contributed by atoms with van der Waals surface area (Å²) in [5.74, 6) is 0.392. The molecule has 2 N–H and O–H groups in total. The molecule has 416 valence electrons. The predicted molar refractivity (Wildman–Crippen MR) is 297 cm³/mol. The van der Waals surface area contributed by atoms with Crippen molar-refractivity contribution < 1.29 is 46.5 Å². The molecule has 0 radical (unpaired) electrons. The second-order valence-electron chi connectivity index (χ2n) is 22.3. The Labute approximate surface area is 463 Å². The van der Waals surface area contributed by atoms with Crippen LogP contribution in [-0.4, -0.2) is 117 Å². The van der Waals surface area contributed by atoms with Crippen LogP contribution in [0.3, 0.4) is 0 Å². The molecule has 1 saturated carbocycles. The van der Waals surface area contributed by atoms with Gasteiger partial charge in [-0.2, -0.15) is 0 Å². The van der Waals surface area contributed by atoms with Gasteiger partial charge in [-0.05, 0) is 125 Å². The van der Waals surface area contributed by atoms with Crippen LogP contribution in [0.2, 0.25) is 0 Å². The van der Waals surface area contributed by atoms with Gasteiger partial charge in [0.25, 0.3) is 39.3 Å². The molecule has 5 heterocycles. The van der Waals surface area contributed by atoms with Crippen LogP contribution in [-0.2, 0) is 56.4 Å². The lowest BCUT2D eigenvalue weighted by Gasteiger charge is -2.46. The van der Waals surface area contributed by atoms with Crippen molar-refractivity contribution in [2.45, 2.75) is 108 Å². The maximum atomic E-state index is 15.0. The van der Waals surface area contributed by atoms with E-state index in [1.807, 2.05) is 75.9 Å². The maximum Gasteiger partial charge on any atom is 0.415 e. The van der Waals surface area contributed by atoms with Crippen LogP contribution in [0, 0.1) is 22.0 Å². The smallest absolute Gasteiger partial charge is 0.415 e. The number of anilines is 3. The Kier molecular flexibility index (Phi) is 15.6. The van der Waals surface area contributed by atoms with Crippen LogP contribution < -0.4 is 19.8 Å². The number of imide groups is 1. The van der Waals surface area contributed by atoms with Crippen LogP contribution in [0.5, 0.6) is 0 Å². The van der Waals surface area contributed by atoms with Gasteiger partial charge in [-0.1, -0.05) is 26.0 Å². The Balaban J connectivity index is 0.952. The van der Waals surface area contributed by atoms with Crippen molar-refractivity contribution in [2.24, 2.45) is 18.9 Å². The first kappa shape index (κ1) is 56.2. The first-order valence-electron chi connectivity index (χ1n) is 26.4. The number of carbonyl (C=O) groups is 5. The summed E-state index contributed by atoms with van der Waals surface area (Å²) in [6, 6.07) is 18.0. The van der Waals surface area contributed by atoms with E-state index >= 15 is 4.79 Å². The van der Waals surface area contributed by atoms with E-state index in [1.54, 1.807) is 35.1 Å². The SMILES string of the molecule is CCN(C(=O)OC(C)(C)C)c1cc(C2(c3nncn3C)CC(C)C2)cc(N2Cc3c(SC)cc(C[N+]4(Cc5ccc(NS(=O)(=O)c6ccc(C(=O)NCCN7C(=O)C=CC7=O)cc6[N+](=O)[O-])cc5)CCC[C@H](C)C4)cc3C2=O)n1. The van der Waals surface area contributed by atoms with E-state index in [-0.39, 0.29) is 43.3 Å². The molecule has 79 heavy (non-hydrogen) atoms. The Hall–Kier alpha value is -7.50. The average Bonchev–Trinajstić information content (AvgIpc) is 4.31. The highest BCUT2D eigenvalue weighted by atomic mass is 32.2.